The summed E-state index contributed by atoms with van der Waals surface area (Å²) in [7, 11) is 5.40. The molecule has 154 valence electrons. The molecule has 2 aromatic carbocycles. The van der Waals surface area contributed by atoms with Crippen LogP contribution in [0, 0.1) is 0 Å². The monoisotopic (exact) mass is 438 g/mol. The van der Waals surface area contributed by atoms with E-state index in [1.807, 2.05) is 0 Å². The number of hydrogen-bond acceptors (Lipinski definition) is 6. The molecule has 0 N–H and O–H groups in total. The molecular weight excluding hydrogens is 419 g/mol. The van der Waals surface area contributed by atoms with Crippen LogP contribution in [-0.4, -0.2) is 40.4 Å². The second-order valence-electron chi connectivity index (χ2n) is 5.75. The van der Waals surface area contributed by atoms with E-state index in [2.05, 4.69) is 0 Å². The summed E-state index contributed by atoms with van der Waals surface area (Å²) in [6.45, 7) is 1.78. The number of esters is 2. The molecule has 0 aliphatic carbocycles. The van der Waals surface area contributed by atoms with Gasteiger partial charge in [-0.2, -0.15) is 0 Å². The Balaban J connectivity index is 2.86. The van der Waals surface area contributed by atoms with Crippen molar-refractivity contribution >= 4 is 40.7 Å². The molecular formula is C21H20Cl2O6. The highest BCUT2D eigenvalue weighted by Gasteiger charge is 2.25. The van der Waals surface area contributed by atoms with E-state index in [9.17, 15) is 9.59 Å². The van der Waals surface area contributed by atoms with Crippen LogP contribution in [0.15, 0.2) is 30.3 Å². The average molecular weight is 439 g/mol. The molecule has 0 saturated heterocycles. The molecule has 0 unspecified atom stereocenters. The minimum absolute atomic E-state index is 0.158. The van der Waals surface area contributed by atoms with Crippen LogP contribution in [-0.2, 0) is 9.47 Å². The predicted octanol–water partition coefficient (Wildman–Crippen LogP) is 5.04. The van der Waals surface area contributed by atoms with E-state index in [-0.39, 0.29) is 22.6 Å². The van der Waals surface area contributed by atoms with Gasteiger partial charge in [0.1, 0.15) is 22.6 Å². The number of carbonyl (C=O) groups excluding carboxylic acids is 2. The lowest BCUT2D eigenvalue weighted by molar-refractivity contribution is 0.0588. The van der Waals surface area contributed by atoms with Crippen LogP contribution in [0.3, 0.4) is 0 Å². The van der Waals surface area contributed by atoms with Crippen molar-refractivity contribution in [2.75, 3.05) is 28.4 Å². The van der Waals surface area contributed by atoms with Gasteiger partial charge < -0.3 is 18.9 Å². The van der Waals surface area contributed by atoms with E-state index in [0.717, 1.165) is 0 Å². The van der Waals surface area contributed by atoms with Gasteiger partial charge in [-0.15, -0.1) is 0 Å². The van der Waals surface area contributed by atoms with Gasteiger partial charge in [0.15, 0.2) is 0 Å². The highest BCUT2D eigenvalue weighted by atomic mass is 35.5. The molecule has 0 bridgehead atoms. The molecule has 0 heterocycles. The summed E-state index contributed by atoms with van der Waals surface area (Å²) in [6.07, 6.45) is 1.77. The normalized spacial score (nSPS) is 10.2. The number of carbonyl (C=O) groups is 2. The van der Waals surface area contributed by atoms with Crippen LogP contribution >= 0.6 is 23.2 Å². The number of allylic oxidation sites excluding steroid dienone is 1. The lowest BCUT2D eigenvalue weighted by Crippen LogP contribution is -2.09. The van der Waals surface area contributed by atoms with Gasteiger partial charge in [-0.3, -0.25) is 0 Å². The fourth-order valence-electron chi connectivity index (χ4n) is 3.01. The molecule has 0 saturated carbocycles. The van der Waals surface area contributed by atoms with E-state index in [1.165, 1.54) is 40.6 Å². The Kier molecular flexibility index (Phi) is 7.53. The smallest absolute Gasteiger partial charge is 0.341 e. The van der Waals surface area contributed by atoms with Crippen LogP contribution in [0.1, 0.15) is 38.8 Å². The summed E-state index contributed by atoms with van der Waals surface area (Å²) < 4.78 is 20.7. The summed E-state index contributed by atoms with van der Waals surface area (Å²) >= 11 is 12.5. The summed E-state index contributed by atoms with van der Waals surface area (Å²) in [5.41, 5.74) is 1.90. The first-order valence-corrected chi connectivity index (χ1v) is 9.17. The maximum absolute atomic E-state index is 12.2. The topological polar surface area (TPSA) is 71.1 Å². The molecule has 0 aromatic heterocycles. The molecule has 0 radical (unpaired) electrons. The van der Waals surface area contributed by atoms with Crippen molar-refractivity contribution in [3.05, 3.63) is 62.6 Å². The molecule has 6 nitrogen and oxygen atoms in total. The summed E-state index contributed by atoms with van der Waals surface area (Å²) in [5, 5.41) is 0.601. The Morgan fingerprint density at radius 2 is 1.07 bits per heavy atom. The molecule has 0 aliphatic rings. The number of methoxy groups -OCH3 is 4. The van der Waals surface area contributed by atoms with Gasteiger partial charge in [-0.1, -0.05) is 29.3 Å². The molecule has 8 heteroatoms. The molecule has 0 fully saturated rings. The fraction of sp³-hybridized carbons (Fsp3) is 0.238. The number of halogens is 2. The number of benzene rings is 2. The van der Waals surface area contributed by atoms with Crippen LogP contribution in [0.5, 0.6) is 11.5 Å². The largest absolute Gasteiger partial charge is 0.495 e. The minimum atomic E-state index is -0.602. The summed E-state index contributed by atoms with van der Waals surface area (Å²) in [6, 6.07) is 6.19. The number of hydrogen-bond donors (Lipinski definition) is 0. The maximum atomic E-state index is 12.2. The average Bonchev–Trinajstić information content (AvgIpc) is 2.72. The van der Waals surface area contributed by atoms with E-state index in [0.29, 0.717) is 26.7 Å². The lowest BCUT2D eigenvalue weighted by Gasteiger charge is -2.19. The molecule has 2 rings (SSSR count). The first kappa shape index (κ1) is 22.6. The summed E-state index contributed by atoms with van der Waals surface area (Å²) in [4.78, 5) is 24.4. The highest BCUT2D eigenvalue weighted by molar-refractivity contribution is 6.32. The van der Waals surface area contributed by atoms with Crippen molar-refractivity contribution < 1.29 is 28.5 Å². The lowest BCUT2D eigenvalue weighted by atomic mass is 9.92. The van der Waals surface area contributed by atoms with Crippen molar-refractivity contribution in [3.8, 4) is 11.5 Å². The van der Waals surface area contributed by atoms with Crippen LogP contribution in [0.25, 0.3) is 5.57 Å². The Morgan fingerprint density at radius 1 is 0.724 bits per heavy atom. The van der Waals surface area contributed by atoms with Gasteiger partial charge in [-0.05, 0) is 36.8 Å². The zero-order valence-electron chi connectivity index (χ0n) is 16.6. The van der Waals surface area contributed by atoms with Gasteiger partial charge in [0, 0.05) is 21.2 Å². The van der Waals surface area contributed by atoms with Crippen molar-refractivity contribution in [2.45, 2.75) is 6.92 Å². The van der Waals surface area contributed by atoms with Gasteiger partial charge in [-0.25, -0.2) is 9.59 Å². The number of rotatable bonds is 6. The minimum Gasteiger partial charge on any atom is -0.495 e. The SMILES string of the molecule is CC=C(c1cc(Cl)cc(C(=O)OC)c1OC)c1cc(Cl)cc(C(=O)OC)c1OC. The van der Waals surface area contributed by atoms with Crippen molar-refractivity contribution in [1.29, 1.82) is 0 Å². The third-order valence-corrected chi connectivity index (χ3v) is 4.63. The maximum Gasteiger partial charge on any atom is 0.341 e. The van der Waals surface area contributed by atoms with Crippen LogP contribution < -0.4 is 9.47 Å². The van der Waals surface area contributed by atoms with Crippen molar-refractivity contribution in [2.24, 2.45) is 0 Å². The van der Waals surface area contributed by atoms with Crippen LogP contribution in [0.2, 0.25) is 10.0 Å². The van der Waals surface area contributed by atoms with Gasteiger partial charge in [0.05, 0.1) is 28.4 Å². The third-order valence-electron chi connectivity index (χ3n) is 4.20. The van der Waals surface area contributed by atoms with Gasteiger partial charge in [0.25, 0.3) is 0 Å². The van der Waals surface area contributed by atoms with Crippen molar-refractivity contribution in [1.82, 2.24) is 0 Å². The second kappa shape index (κ2) is 9.67. The zero-order valence-corrected chi connectivity index (χ0v) is 18.1. The Labute approximate surface area is 178 Å². The number of ether oxygens (including phenoxy) is 4. The first-order valence-electron chi connectivity index (χ1n) is 8.41. The summed E-state index contributed by atoms with van der Waals surface area (Å²) in [5.74, 6) is -0.685. The molecule has 0 amide bonds. The quantitative estimate of drug-likeness (QED) is 0.588. The highest BCUT2D eigenvalue weighted by Crippen LogP contribution is 2.42. The standard InChI is InChI=1S/C21H20Cl2O6/c1-6-13(14-7-11(22)9-16(18(14)26-2)20(24)28-4)15-8-12(23)10-17(19(15)27-3)21(25)29-5/h6-10H,1-5H3. The molecule has 0 spiro atoms. The van der Waals surface area contributed by atoms with E-state index < -0.39 is 11.9 Å². The predicted molar refractivity (Wildman–Crippen MR) is 111 cm³/mol. The first-order chi connectivity index (χ1) is 13.8. The second-order valence-corrected chi connectivity index (χ2v) is 6.63. The van der Waals surface area contributed by atoms with E-state index in [1.54, 1.807) is 25.1 Å². The Bertz CT molecular complexity index is 906. The van der Waals surface area contributed by atoms with Crippen LogP contribution in [0.4, 0.5) is 0 Å². The molecule has 0 atom stereocenters. The van der Waals surface area contributed by atoms with E-state index >= 15 is 0 Å². The van der Waals surface area contributed by atoms with Crippen molar-refractivity contribution in [3.63, 3.8) is 0 Å². The zero-order chi connectivity index (χ0) is 21.7. The third kappa shape index (κ3) is 4.49. The van der Waals surface area contributed by atoms with E-state index in [4.69, 9.17) is 42.1 Å². The molecule has 0 aliphatic heterocycles. The van der Waals surface area contributed by atoms with Gasteiger partial charge >= 0.3 is 11.9 Å². The molecule has 2 aromatic rings. The molecule has 29 heavy (non-hydrogen) atoms. The Hall–Kier alpha value is -2.70. The Morgan fingerprint density at radius 3 is 1.34 bits per heavy atom. The fourth-order valence-corrected chi connectivity index (χ4v) is 3.44. The van der Waals surface area contributed by atoms with Gasteiger partial charge in [0.2, 0.25) is 0 Å².